The van der Waals surface area contributed by atoms with Gasteiger partial charge in [0.05, 0.1) is 11.3 Å². The molecule has 2 rings (SSSR count). The number of nitrogens with zero attached hydrogens (tertiary/aromatic N) is 1. The molecule has 1 aromatic heterocycles. The molecule has 0 aliphatic rings. The molecule has 0 aliphatic carbocycles. The van der Waals surface area contributed by atoms with Crippen molar-refractivity contribution in [3.05, 3.63) is 40.4 Å². The zero-order chi connectivity index (χ0) is 13.3. The fourth-order valence-corrected chi connectivity index (χ4v) is 2.49. The molecule has 0 aliphatic heterocycles. The molecule has 0 saturated heterocycles. The lowest BCUT2D eigenvalue weighted by molar-refractivity contribution is -0.137. The number of benzene rings is 1. The van der Waals surface area contributed by atoms with Crippen molar-refractivity contribution in [2.24, 2.45) is 5.73 Å². The second kappa shape index (κ2) is 4.70. The van der Waals surface area contributed by atoms with Crippen molar-refractivity contribution in [3.8, 4) is 10.6 Å². The average Bonchev–Trinajstić information content (AvgIpc) is 2.69. The van der Waals surface area contributed by atoms with Crippen LogP contribution in [0.4, 0.5) is 13.2 Å². The summed E-state index contributed by atoms with van der Waals surface area (Å²) < 4.78 is 37.2. The maximum Gasteiger partial charge on any atom is 0.416 e. The molecule has 2 nitrogen and oxygen atoms in total. The molecule has 1 aromatic carbocycles. The van der Waals surface area contributed by atoms with Crippen molar-refractivity contribution in [3.63, 3.8) is 0 Å². The Balaban J connectivity index is 2.34. The number of thiazole rings is 1. The molecular weight excluding hydrogens is 261 g/mol. The number of nitrogens with two attached hydrogens (primary N) is 1. The van der Waals surface area contributed by atoms with Gasteiger partial charge in [-0.05, 0) is 19.1 Å². The third kappa shape index (κ3) is 2.54. The fourth-order valence-electron chi connectivity index (χ4n) is 1.54. The molecule has 0 fully saturated rings. The summed E-state index contributed by atoms with van der Waals surface area (Å²) in [5.41, 5.74) is 6.40. The molecule has 96 valence electrons. The Kier molecular flexibility index (Phi) is 3.41. The van der Waals surface area contributed by atoms with E-state index in [0.29, 0.717) is 17.1 Å². The van der Waals surface area contributed by atoms with Crippen LogP contribution in [0.25, 0.3) is 10.6 Å². The molecule has 2 N–H and O–H groups in total. The van der Waals surface area contributed by atoms with Crippen LogP contribution in [0.3, 0.4) is 0 Å². The van der Waals surface area contributed by atoms with E-state index in [1.54, 1.807) is 0 Å². The van der Waals surface area contributed by atoms with E-state index in [1.807, 2.05) is 6.92 Å². The quantitative estimate of drug-likeness (QED) is 0.907. The van der Waals surface area contributed by atoms with Gasteiger partial charge in [-0.3, -0.25) is 0 Å². The number of halogens is 3. The van der Waals surface area contributed by atoms with E-state index in [2.05, 4.69) is 4.98 Å². The Morgan fingerprint density at radius 1 is 1.22 bits per heavy atom. The molecule has 6 heteroatoms. The SMILES string of the molecule is Cc1nc(-c2ccc(C(F)(F)F)cc2)sc1CN. The third-order valence-electron chi connectivity index (χ3n) is 2.54. The Morgan fingerprint density at radius 3 is 2.28 bits per heavy atom. The molecule has 18 heavy (non-hydrogen) atoms. The molecule has 0 saturated carbocycles. The molecule has 0 spiro atoms. The largest absolute Gasteiger partial charge is 0.416 e. The first-order chi connectivity index (χ1) is 8.41. The monoisotopic (exact) mass is 272 g/mol. The molecule has 1 heterocycles. The summed E-state index contributed by atoms with van der Waals surface area (Å²) in [6.07, 6.45) is -4.31. The second-order valence-electron chi connectivity index (χ2n) is 3.81. The second-order valence-corrected chi connectivity index (χ2v) is 4.89. The lowest BCUT2D eigenvalue weighted by atomic mass is 10.1. The highest BCUT2D eigenvalue weighted by Gasteiger charge is 2.30. The van der Waals surface area contributed by atoms with Gasteiger partial charge in [-0.25, -0.2) is 4.98 Å². The molecule has 2 aromatic rings. The van der Waals surface area contributed by atoms with Crippen LogP contribution in [0.1, 0.15) is 16.1 Å². The van der Waals surface area contributed by atoms with Crippen molar-refractivity contribution < 1.29 is 13.2 Å². The summed E-state index contributed by atoms with van der Waals surface area (Å²) in [4.78, 5) is 5.25. The standard InChI is InChI=1S/C12H11F3N2S/c1-7-10(6-16)18-11(17-7)8-2-4-9(5-3-8)12(13,14)15/h2-5H,6,16H2,1H3. The van der Waals surface area contributed by atoms with Gasteiger partial charge >= 0.3 is 6.18 Å². The summed E-state index contributed by atoms with van der Waals surface area (Å²) in [5.74, 6) is 0. The maximum absolute atomic E-state index is 12.4. The topological polar surface area (TPSA) is 38.9 Å². The smallest absolute Gasteiger partial charge is 0.326 e. The van der Waals surface area contributed by atoms with Crippen LogP contribution in [0, 0.1) is 6.92 Å². The molecule has 0 unspecified atom stereocenters. The van der Waals surface area contributed by atoms with Gasteiger partial charge < -0.3 is 5.73 Å². The lowest BCUT2D eigenvalue weighted by Crippen LogP contribution is -2.03. The minimum absolute atomic E-state index is 0.393. The van der Waals surface area contributed by atoms with Crippen LogP contribution >= 0.6 is 11.3 Å². The van der Waals surface area contributed by atoms with Crippen molar-refractivity contribution >= 4 is 11.3 Å². The Bertz CT molecular complexity index is 543. The predicted molar refractivity (Wildman–Crippen MR) is 65.2 cm³/mol. The van der Waals surface area contributed by atoms with E-state index >= 15 is 0 Å². The van der Waals surface area contributed by atoms with Crippen LogP contribution < -0.4 is 5.73 Å². The molecule has 0 atom stereocenters. The fraction of sp³-hybridized carbons (Fsp3) is 0.250. The summed E-state index contributed by atoms with van der Waals surface area (Å²) in [5, 5.41) is 0.696. The van der Waals surface area contributed by atoms with Crippen LogP contribution in [0.5, 0.6) is 0 Å². The van der Waals surface area contributed by atoms with Gasteiger partial charge in [0.2, 0.25) is 0 Å². The summed E-state index contributed by atoms with van der Waals surface area (Å²) in [6, 6.07) is 4.99. The van der Waals surface area contributed by atoms with Crippen molar-refractivity contribution in [1.82, 2.24) is 4.98 Å². The van der Waals surface area contributed by atoms with Gasteiger partial charge in [0.25, 0.3) is 0 Å². The maximum atomic E-state index is 12.4. The van der Waals surface area contributed by atoms with Crippen LogP contribution in [0.15, 0.2) is 24.3 Å². The molecule has 0 radical (unpaired) electrons. The van der Waals surface area contributed by atoms with E-state index in [-0.39, 0.29) is 0 Å². The summed E-state index contributed by atoms with van der Waals surface area (Å²) in [6.45, 7) is 2.23. The van der Waals surface area contributed by atoms with Gasteiger partial charge in [-0.15, -0.1) is 11.3 Å². The molecule has 0 amide bonds. The van der Waals surface area contributed by atoms with E-state index in [9.17, 15) is 13.2 Å². The van der Waals surface area contributed by atoms with Crippen molar-refractivity contribution in [2.45, 2.75) is 19.6 Å². The lowest BCUT2D eigenvalue weighted by Gasteiger charge is -2.06. The Hall–Kier alpha value is -1.40. The van der Waals surface area contributed by atoms with Crippen molar-refractivity contribution in [2.75, 3.05) is 0 Å². The van der Waals surface area contributed by atoms with Gasteiger partial charge in [0, 0.05) is 17.0 Å². The minimum atomic E-state index is -4.31. The Labute approximate surface area is 106 Å². The molecular formula is C12H11F3N2S. The summed E-state index contributed by atoms with van der Waals surface area (Å²) >= 11 is 1.41. The predicted octanol–water partition coefficient (Wildman–Crippen LogP) is 3.60. The van der Waals surface area contributed by atoms with Gasteiger partial charge in [-0.1, -0.05) is 12.1 Å². The Morgan fingerprint density at radius 2 is 1.83 bits per heavy atom. The first-order valence-corrected chi connectivity index (χ1v) is 6.07. The highest BCUT2D eigenvalue weighted by atomic mass is 32.1. The van der Waals surface area contributed by atoms with E-state index in [4.69, 9.17) is 5.73 Å². The number of alkyl halides is 3. The summed E-state index contributed by atoms with van der Waals surface area (Å²) in [7, 11) is 0. The first kappa shape index (κ1) is 13.0. The number of aromatic nitrogens is 1. The minimum Gasteiger partial charge on any atom is -0.326 e. The van der Waals surface area contributed by atoms with Crippen LogP contribution in [-0.2, 0) is 12.7 Å². The third-order valence-corrected chi connectivity index (χ3v) is 3.77. The van der Waals surface area contributed by atoms with Crippen LogP contribution in [-0.4, -0.2) is 4.98 Å². The van der Waals surface area contributed by atoms with Gasteiger partial charge in [0.15, 0.2) is 0 Å². The number of rotatable bonds is 2. The molecule has 0 bridgehead atoms. The highest BCUT2D eigenvalue weighted by molar-refractivity contribution is 7.15. The average molecular weight is 272 g/mol. The number of hydrogen-bond donors (Lipinski definition) is 1. The van der Waals surface area contributed by atoms with Crippen molar-refractivity contribution in [1.29, 1.82) is 0 Å². The normalized spacial score (nSPS) is 11.8. The van der Waals surface area contributed by atoms with E-state index in [0.717, 1.165) is 22.7 Å². The van der Waals surface area contributed by atoms with Gasteiger partial charge in [0.1, 0.15) is 5.01 Å². The van der Waals surface area contributed by atoms with E-state index in [1.165, 1.54) is 23.5 Å². The van der Waals surface area contributed by atoms with E-state index < -0.39 is 11.7 Å². The number of hydrogen-bond acceptors (Lipinski definition) is 3. The van der Waals surface area contributed by atoms with Crippen LogP contribution in [0.2, 0.25) is 0 Å². The van der Waals surface area contributed by atoms with Gasteiger partial charge in [-0.2, -0.15) is 13.2 Å². The highest BCUT2D eigenvalue weighted by Crippen LogP contribution is 2.32. The zero-order valence-electron chi connectivity index (χ0n) is 9.58. The zero-order valence-corrected chi connectivity index (χ0v) is 10.4. The first-order valence-electron chi connectivity index (χ1n) is 5.26. The number of aryl methyl sites for hydroxylation is 1.